The lowest BCUT2D eigenvalue weighted by atomic mass is 10.0. The molecule has 0 bridgehead atoms. The third-order valence-electron chi connectivity index (χ3n) is 4.79. The number of hydroxylamine groups is 1. The number of hydrogen-bond donors (Lipinski definition) is 2. The number of nitrogens with one attached hydrogen (secondary N) is 1. The van der Waals surface area contributed by atoms with Crippen molar-refractivity contribution in [2.45, 2.75) is 32.2 Å². The van der Waals surface area contributed by atoms with Crippen LogP contribution in [0.3, 0.4) is 0 Å². The first kappa shape index (κ1) is 21.3. The predicted octanol–water partition coefficient (Wildman–Crippen LogP) is 3.23. The van der Waals surface area contributed by atoms with Gasteiger partial charge in [0.05, 0.1) is 5.75 Å². The quantitative estimate of drug-likeness (QED) is 0.537. The molecule has 1 atom stereocenters. The fourth-order valence-corrected chi connectivity index (χ4v) is 4.81. The monoisotopic (exact) mass is 435 g/mol. The Hall–Kier alpha value is -2.42. The van der Waals surface area contributed by atoms with Crippen LogP contribution in [0.1, 0.15) is 25.3 Å². The van der Waals surface area contributed by atoms with Gasteiger partial charge in [-0.15, -0.1) is 0 Å². The average molecular weight is 436 g/mol. The number of benzene rings is 2. The van der Waals surface area contributed by atoms with Crippen LogP contribution in [0.2, 0.25) is 5.02 Å². The second kappa shape index (κ2) is 8.94. The van der Waals surface area contributed by atoms with Gasteiger partial charge in [-0.1, -0.05) is 48.0 Å². The summed E-state index contributed by atoms with van der Waals surface area (Å²) < 4.78 is 26.4. The average Bonchev–Trinajstić information content (AvgIpc) is 2.73. The van der Waals surface area contributed by atoms with E-state index in [1.807, 2.05) is 48.5 Å². The molecule has 2 N–H and O–H groups in total. The van der Waals surface area contributed by atoms with Crippen LogP contribution in [0, 0.1) is 0 Å². The number of sulfonamides is 1. The number of rotatable bonds is 6. The van der Waals surface area contributed by atoms with Crippen LogP contribution in [0.4, 0.5) is 0 Å². The summed E-state index contributed by atoms with van der Waals surface area (Å²) in [5, 5.41) is 13.6. The normalized spacial score (nSPS) is 17.0. The van der Waals surface area contributed by atoms with Gasteiger partial charge in [0, 0.05) is 10.7 Å². The molecule has 1 heterocycles. The Kier molecular flexibility index (Phi) is 6.56. The van der Waals surface area contributed by atoms with Crippen molar-refractivity contribution in [1.82, 2.24) is 9.89 Å². The highest BCUT2D eigenvalue weighted by Crippen LogP contribution is 2.23. The topological polar surface area (TPSA) is 99.1 Å². The van der Waals surface area contributed by atoms with Gasteiger partial charge in [-0.25, -0.2) is 13.9 Å². The van der Waals surface area contributed by atoms with Gasteiger partial charge in [0.15, 0.2) is 0 Å². The second-order valence-corrected chi connectivity index (χ2v) is 9.29. The summed E-state index contributed by atoms with van der Waals surface area (Å²) in [5.41, 5.74) is 5.03. The maximum atomic E-state index is 12.8. The number of nitrogens with zero attached hydrogens (tertiary/aromatic N) is 2. The molecular formula is C20H22ClN3O4S. The number of carbonyl (C=O) groups is 1. The maximum Gasteiger partial charge on any atom is 0.269 e. The van der Waals surface area contributed by atoms with Crippen molar-refractivity contribution in [1.29, 1.82) is 0 Å². The molecule has 7 nitrogen and oxygen atoms in total. The molecule has 9 heteroatoms. The molecule has 0 saturated carbocycles. The van der Waals surface area contributed by atoms with Crippen LogP contribution in [0.15, 0.2) is 53.6 Å². The van der Waals surface area contributed by atoms with Gasteiger partial charge in [-0.3, -0.25) is 10.0 Å². The Bertz CT molecular complexity index is 1010. The summed E-state index contributed by atoms with van der Waals surface area (Å²) in [5.74, 6) is -0.976. The highest BCUT2D eigenvalue weighted by atomic mass is 35.5. The van der Waals surface area contributed by atoms with E-state index in [0.717, 1.165) is 21.1 Å². The molecule has 1 aliphatic heterocycles. The SMILES string of the molecule is CC1=NN(S(=O)(=O)CCc2ccc(-c3ccc(Cl)cc3)cc2)C(C(=O)NO)CC1. The van der Waals surface area contributed by atoms with Gasteiger partial charge in [-0.05, 0) is 55.0 Å². The molecule has 0 spiro atoms. The molecule has 154 valence electrons. The standard InChI is InChI=1S/C20H22ClN3O4S/c1-14-2-11-19(20(25)23-26)24(22-14)29(27,28)13-12-15-3-5-16(6-4-15)17-7-9-18(21)10-8-17/h3-10,19,26H,2,11-13H2,1H3,(H,23,25). The van der Waals surface area contributed by atoms with E-state index in [4.69, 9.17) is 16.8 Å². The highest BCUT2D eigenvalue weighted by molar-refractivity contribution is 7.89. The molecular weight excluding hydrogens is 414 g/mol. The molecule has 29 heavy (non-hydrogen) atoms. The summed E-state index contributed by atoms with van der Waals surface area (Å²) in [6.07, 6.45) is 1.05. The molecule has 3 rings (SSSR count). The van der Waals surface area contributed by atoms with Crippen molar-refractivity contribution in [2.24, 2.45) is 5.10 Å². The molecule has 2 aromatic rings. The van der Waals surface area contributed by atoms with Gasteiger partial charge in [0.1, 0.15) is 6.04 Å². The van der Waals surface area contributed by atoms with Crippen LogP contribution < -0.4 is 5.48 Å². The number of hydrazone groups is 1. The van der Waals surface area contributed by atoms with E-state index in [0.29, 0.717) is 17.2 Å². The summed E-state index contributed by atoms with van der Waals surface area (Å²) in [7, 11) is -3.83. The van der Waals surface area contributed by atoms with Crippen LogP contribution in [-0.2, 0) is 21.2 Å². The summed E-state index contributed by atoms with van der Waals surface area (Å²) >= 11 is 5.91. The lowest BCUT2D eigenvalue weighted by Gasteiger charge is -2.30. The number of aryl methyl sites for hydroxylation is 1. The van der Waals surface area contributed by atoms with Gasteiger partial charge >= 0.3 is 0 Å². The molecule has 1 unspecified atom stereocenters. The van der Waals surface area contributed by atoms with E-state index in [1.165, 1.54) is 5.48 Å². The minimum atomic E-state index is -3.83. The van der Waals surface area contributed by atoms with Crippen molar-refractivity contribution in [3.63, 3.8) is 0 Å². The first-order chi connectivity index (χ1) is 13.8. The summed E-state index contributed by atoms with van der Waals surface area (Å²) in [4.78, 5) is 11.9. The van der Waals surface area contributed by atoms with Crippen LogP contribution in [0.25, 0.3) is 11.1 Å². The van der Waals surface area contributed by atoms with E-state index < -0.39 is 22.0 Å². The third-order valence-corrected chi connectivity index (χ3v) is 6.67. The van der Waals surface area contributed by atoms with E-state index in [2.05, 4.69) is 5.10 Å². The fourth-order valence-electron chi connectivity index (χ4n) is 3.15. The smallest absolute Gasteiger partial charge is 0.269 e. The molecule has 0 fully saturated rings. The Morgan fingerprint density at radius 2 is 1.76 bits per heavy atom. The zero-order valence-electron chi connectivity index (χ0n) is 15.9. The second-order valence-electron chi connectivity index (χ2n) is 6.91. The van der Waals surface area contributed by atoms with Crippen LogP contribution in [-0.4, -0.2) is 41.5 Å². The Morgan fingerprint density at radius 1 is 1.17 bits per heavy atom. The third kappa shape index (κ3) is 5.14. The molecule has 0 aromatic heterocycles. The lowest BCUT2D eigenvalue weighted by molar-refractivity contribution is -0.133. The van der Waals surface area contributed by atoms with Crippen LogP contribution >= 0.6 is 11.6 Å². The van der Waals surface area contributed by atoms with Crippen molar-refractivity contribution < 1.29 is 18.4 Å². The number of carbonyl (C=O) groups excluding carboxylic acids is 1. The molecule has 0 radical (unpaired) electrons. The highest BCUT2D eigenvalue weighted by Gasteiger charge is 2.36. The Morgan fingerprint density at radius 3 is 2.34 bits per heavy atom. The van der Waals surface area contributed by atoms with Crippen molar-refractivity contribution in [2.75, 3.05) is 5.75 Å². The Balaban J connectivity index is 1.71. The molecule has 0 aliphatic carbocycles. The number of amides is 1. The predicted molar refractivity (Wildman–Crippen MR) is 112 cm³/mol. The van der Waals surface area contributed by atoms with Gasteiger partial charge < -0.3 is 0 Å². The fraction of sp³-hybridized carbons (Fsp3) is 0.300. The van der Waals surface area contributed by atoms with Crippen molar-refractivity contribution in [3.8, 4) is 11.1 Å². The van der Waals surface area contributed by atoms with E-state index in [-0.39, 0.29) is 18.6 Å². The van der Waals surface area contributed by atoms with Gasteiger partial charge in [0.2, 0.25) is 0 Å². The first-order valence-electron chi connectivity index (χ1n) is 9.15. The zero-order valence-corrected chi connectivity index (χ0v) is 17.4. The summed E-state index contributed by atoms with van der Waals surface area (Å²) in [6.45, 7) is 1.71. The number of halogens is 1. The van der Waals surface area contributed by atoms with Gasteiger partial charge in [-0.2, -0.15) is 9.52 Å². The van der Waals surface area contributed by atoms with Crippen LogP contribution in [0.5, 0.6) is 0 Å². The first-order valence-corrected chi connectivity index (χ1v) is 11.1. The minimum absolute atomic E-state index is 0.195. The Labute approximate surface area is 175 Å². The van der Waals surface area contributed by atoms with Gasteiger partial charge in [0.25, 0.3) is 15.9 Å². The van der Waals surface area contributed by atoms with E-state index in [1.54, 1.807) is 6.92 Å². The summed E-state index contributed by atoms with van der Waals surface area (Å²) in [6, 6.07) is 14.0. The molecule has 1 aliphatic rings. The zero-order chi connectivity index (χ0) is 21.0. The van der Waals surface area contributed by atoms with E-state index in [9.17, 15) is 13.2 Å². The van der Waals surface area contributed by atoms with Crippen molar-refractivity contribution in [3.05, 3.63) is 59.1 Å². The molecule has 0 saturated heterocycles. The maximum absolute atomic E-state index is 12.8. The number of hydrogen-bond acceptors (Lipinski definition) is 5. The molecule has 1 amide bonds. The molecule has 2 aromatic carbocycles. The minimum Gasteiger partial charge on any atom is -0.289 e. The largest absolute Gasteiger partial charge is 0.289 e. The van der Waals surface area contributed by atoms with Crippen molar-refractivity contribution >= 4 is 33.2 Å². The lowest BCUT2D eigenvalue weighted by Crippen LogP contribution is -2.49. The van der Waals surface area contributed by atoms with E-state index >= 15 is 0 Å².